The Hall–Kier alpha value is -0.140. The number of sulfonamides is 1. The molecule has 0 aliphatic heterocycles. The Balaban J connectivity index is 0.00000220. The van der Waals surface area contributed by atoms with Gasteiger partial charge >= 0.3 is 0 Å². The molecule has 0 amide bonds. The molecule has 2 atom stereocenters. The quantitative estimate of drug-likeness (QED) is 0.820. The maximum absolute atomic E-state index is 12.6. The van der Waals surface area contributed by atoms with Crippen molar-refractivity contribution in [3.63, 3.8) is 0 Å². The van der Waals surface area contributed by atoms with E-state index in [1.165, 1.54) is 0 Å². The summed E-state index contributed by atoms with van der Waals surface area (Å²) < 4.78 is 28.6. The molecule has 2 rings (SSSR count). The molecule has 1 saturated carbocycles. The number of hydrogen-bond donors (Lipinski definition) is 2. The zero-order valence-electron chi connectivity index (χ0n) is 12.0. The Bertz CT molecular complexity index is 580. The highest BCUT2D eigenvalue weighted by Gasteiger charge is 2.29. The smallest absolute Gasteiger partial charge is 0.241 e. The maximum atomic E-state index is 12.6. The Morgan fingerprint density at radius 1 is 1.33 bits per heavy atom. The van der Waals surface area contributed by atoms with Crippen LogP contribution in [0.2, 0.25) is 0 Å². The van der Waals surface area contributed by atoms with Crippen molar-refractivity contribution in [1.82, 2.24) is 4.72 Å². The van der Waals surface area contributed by atoms with Crippen LogP contribution in [0.4, 0.5) is 0 Å². The van der Waals surface area contributed by atoms with Gasteiger partial charge in [0.15, 0.2) is 0 Å². The standard InChI is InChI=1S/C14H21BrN2O2S.ClH/c1-10-5-4-8-13(14(10)15)20(18,19)17-12-7-3-2-6-11(12)9-16;/h4-5,8,11-12,17H,2-3,6-7,9,16H2,1H3;1H. The van der Waals surface area contributed by atoms with Gasteiger partial charge in [-0.1, -0.05) is 25.0 Å². The van der Waals surface area contributed by atoms with Crippen molar-refractivity contribution >= 4 is 38.4 Å². The lowest BCUT2D eigenvalue weighted by Crippen LogP contribution is -2.44. The van der Waals surface area contributed by atoms with E-state index in [4.69, 9.17) is 5.73 Å². The van der Waals surface area contributed by atoms with E-state index in [0.717, 1.165) is 31.2 Å². The summed E-state index contributed by atoms with van der Waals surface area (Å²) in [6, 6.07) is 5.22. The van der Waals surface area contributed by atoms with Crippen molar-refractivity contribution in [3.8, 4) is 0 Å². The minimum absolute atomic E-state index is 0. The molecule has 7 heteroatoms. The Labute approximate surface area is 141 Å². The van der Waals surface area contributed by atoms with Gasteiger partial charge in [-0.05, 0) is 59.8 Å². The molecule has 1 aliphatic carbocycles. The van der Waals surface area contributed by atoms with E-state index in [0.29, 0.717) is 15.9 Å². The minimum Gasteiger partial charge on any atom is -0.330 e. The lowest BCUT2D eigenvalue weighted by Gasteiger charge is -2.31. The van der Waals surface area contributed by atoms with Gasteiger partial charge in [0.05, 0.1) is 4.90 Å². The number of rotatable bonds is 4. The average Bonchev–Trinajstić information content (AvgIpc) is 2.42. The number of hydrogen-bond acceptors (Lipinski definition) is 3. The van der Waals surface area contributed by atoms with E-state index in [-0.39, 0.29) is 24.4 Å². The van der Waals surface area contributed by atoms with Crippen LogP contribution in [0.1, 0.15) is 31.2 Å². The van der Waals surface area contributed by atoms with Crippen LogP contribution in [-0.4, -0.2) is 21.0 Å². The summed E-state index contributed by atoms with van der Waals surface area (Å²) >= 11 is 3.37. The molecule has 0 heterocycles. The first-order valence-electron chi connectivity index (χ1n) is 6.93. The molecule has 1 fully saturated rings. The highest BCUT2D eigenvalue weighted by atomic mass is 79.9. The second kappa shape index (κ2) is 7.92. The molecule has 0 bridgehead atoms. The number of benzene rings is 1. The zero-order valence-corrected chi connectivity index (χ0v) is 15.2. The van der Waals surface area contributed by atoms with Crippen LogP contribution in [-0.2, 0) is 10.0 Å². The van der Waals surface area contributed by atoms with Gasteiger partial charge in [-0.3, -0.25) is 0 Å². The van der Waals surface area contributed by atoms with Crippen LogP contribution >= 0.6 is 28.3 Å². The van der Waals surface area contributed by atoms with E-state index in [1.54, 1.807) is 12.1 Å². The van der Waals surface area contributed by atoms with Gasteiger partial charge in [-0.25, -0.2) is 13.1 Å². The van der Waals surface area contributed by atoms with Gasteiger partial charge in [0.1, 0.15) is 0 Å². The third-order valence-corrected chi connectivity index (χ3v) is 6.81. The van der Waals surface area contributed by atoms with Crippen molar-refractivity contribution < 1.29 is 8.42 Å². The van der Waals surface area contributed by atoms with Crippen LogP contribution in [0.15, 0.2) is 27.6 Å². The molecule has 1 aromatic rings. The molecule has 4 nitrogen and oxygen atoms in total. The van der Waals surface area contributed by atoms with Crippen molar-refractivity contribution in [1.29, 1.82) is 0 Å². The van der Waals surface area contributed by atoms with Crippen LogP contribution < -0.4 is 10.5 Å². The molecular weight excluding hydrogens is 376 g/mol. The second-order valence-electron chi connectivity index (χ2n) is 5.40. The van der Waals surface area contributed by atoms with Crippen LogP contribution in [0.5, 0.6) is 0 Å². The molecule has 0 spiro atoms. The normalized spacial score (nSPS) is 22.6. The van der Waals surface area contributed by atoms with E-state index in [1.807, 2.05) is 13.0 Å². The predicted octanol–water partition coefficient (Wildman–Crippen LogP) is 2.98. The first-order valence-corrected chi connectivity index (χ1v) is 9.21. The van der Waals surface area contributed by atoms with E-state index < -0.39 is 10.0 Å². The number of aryl methyl sites for hydroxylation is 1. The van der Waals surface area contributed by atoms with Crippen LogP contribution in [0, 0.1) is 12.8 Å². The van der Waals surface area contributed by atoms with Gasteiger partial charge in [0.2, 0.25) is 10.0 Å². The average molecular weight is 398 g/mol. The molecule has 3 N–H and O–H groups in total. The maximum Gasteiger partial charge on any atom is 0.241 e. The molecule has 0 radical (unpaired) electrons. The third kappa shape index (κ3) is 4.42. The highest BCUT2D eigenvalue weighted by Crippen LogP contribution is 2.28. The van der Waals surface area contributed by atoms with E-state index in [2.05, 4.69) is 20.7 Å². The summed E-state index contributed by atoms with van der Waals surface area (Å²) in [6.45, 7) is 2.41. The largest absolute Gasteiger partial charge is 0.330 e. The molecule has 0 saturated heterocycles. The summed E-state index contributed by atoms with van der Waals surface area (Å²) in [6.07, 6.45) is 4.05. The SMILES string of the molecule is Cc1cccc(S(=O)(=O)NC2CCCCC2CN)c1Br.Cl. The predicted molar refractivity (Wildman–Crippen MR) is 91.2 cm³/mol. The third-order valence-electron chi connectivity index (χ3n) is 3.96. The fourth-order valence-corrected chi connectivity index (χ4v) is 5.13. The Morgan fingerprint density at radius 2 is 2.00 bits per heavy atom. The lowest BCUT2D eigenvalue weighted by molar-refractivity contribution is 0.296. The van der Waals surface area contributed by atoms with Gasteiger partial charge in [-0.2, -0.15) is 0 Å². The Morgan fingerprint density at radius 3 is 2.67 bits per heavy atom. The summed E-state index contributed by atoms with van der Waals surface area (Å²) in [5.41, 5.74) is 6.67. The molecule has 1 aromatic carbocycles. The minimum atomic E-state index is -3.51. The second-order valence-corrected chi connectivity index (χ2v) is 7.87. The summed E-state index contributed by atoms with van der Waals surface area (Å²) in [5.74, 6) is 0.238. The fraction of sp³-hybridized carbons (Fsp3) is 0.571. The number of nitrogens with two attached hydrogens (primary N) is 1. The molecular formula is C14H22BrClN2O2S. The van der Waals surface area contributed by atoms with Gasteiger partial charge in [0.25, 0.3) is 0 Å². The van der Waals surface area contributed by atoms with Crippen molar-refractivity contribution in [3.05, 3.63) is 28.2 Å². The first kappa shape index (κ1) is 18.9. The van der Waals surface area contributed by atoms with Gasteiger partial charge < -0.3 is 5.73 Å². The zero-order chi connectivity index (χ0) is 14.8. The van der Waals surface area contributed by atoms with Crippen molar-refractivity contribution in [2.24, 2.45) is 11.7 Å². The van der Waals surface area contributed by atoms with E-state index >= 15 is 0 Å². The van der Waals surface area contributed by atoms with Crippen LogP contribution in [0.3, 0.4) is 0 Å². The summed E-state index contributed by atoms with van der Waals surface area (Å²) in [5, 5.41) is 0. The molecule has 0 aromatic heterocycles. The van der Waals surface area contributed by atoms with Crippen molar-refractivity contribution in [2.75, 3.05) is 6.54 Å². The summed E-state index contributed by atoms with van der Waals surface area (Å²) in [4.78, 5) is 0.304. The van der Waals surface area contributed by atoms with Gasteiger partial charge in [-0.15, -0.1) is 12.4 Å². The van der Waals surface area contributed by atoms with Gasteiger partial charge in [0, 0.05) is 10.5 Å². The summed E-state index contributed by atoms with van der Waals surface area (Å²) in [7, 11) is -3.51. The monoisotopic (exact) mass is 396 g/mol. The fourth-order valence-electron chi connectivity index (χ4n) is 2.74. The topological polar surface area (TPSA) is 72.2 Å². The first-order chi connectivity index (χ1) is 9.45. The molecule has 1 aliphatic rings. The highest BCUT2D eigenvalue weighted by molar-refractivity contribution is 9.10. The Kier molecular flexibility index (Phi) is 7.13. The lowest BCUT2D eigenvalue weighted by atomic mass is 9.85. The molecule has 120 valence electrons. The number of halogens is 2. The molecule has 21 heavy (non-hydrogen) atoms. The van der Waals surface area contributed by atoms with E-state index in [9.17, 15) is 8.42 Å². The van der Waals surface area contributed by atoms with Crippen molar-refractivity contribution in [2.45, 2.75) is 43.5 Å². The van der Waals surface area contributed by atoms with Crippen LogP contribution in [0.25, 0.3) is 0 Å². The number of nitrogens with one attached hydrogen (secondary N) is 1. The molecule has 2 unspecified atom stereocenters.